The lowest BCUT2D eigenvalue weighted by Crippen LogP contribution is -2.16. The molecule has 4 aromatic rings. The van der Waals surface area contributed by atoms with Gasteiger partial charge in [-0.25, -0.2) is 9.07 Å². The van der Waals surface area contributed by atoms with Gasteiger partial charge in [-0.05, 0) is 42.3 Å². The SMILES string of the molecule is CCc1ccccc1NC(=O)c1cnn(-c2ccccc2F)c1-n1cccc1. The summed E-state index contributed by atoms with van der Waals surface area (Å²) in [5.74, 6) is -0.240. The highest BCUT2D eigenvalue weighted by molar-refractivity contribution is 6.06. The van der Waals surface area contributed by atoms with E-state index in [1.54, 1.807) is 35.2 Å². The summed E-state index contributed by atoms with van der Waals surface area (Å²) in [4.78, 5) is 13.1. The molecule has 1 N–H and O–H groups in total. The fourth-order valence-electron chi connectivity index (χ4n) is 3.17. The highest BCUT2D eigenvalue weighted by Gasteiger charge is 2.21. The first-order valence-electron chi connectivity index (χ1n) is 9.04. The molecule has 4 rings (SSSR count). The van der Waals surface area contributed by atoms with Crippen LogP contribution in [0.3, 0.4) is 0 Å². The van der Waals surface area contributed by atoms with Crippen molar-refractivity contribution in [3.8, 4) is 11.5 Å². The van der Waals surface area contributed by atoms with Gasteiger partial charge in [0.2, 0.25) is 0 Å². The molecule has 2 aromatic heterocycles. The quantitative estimate of drug-likeness (QED) is 0.554. The van der Waals surface area contributed by atoms with Crippen molar-refractivity contribution in [3.05, 3.63) is 96.2 Å². The minimum Gasteiger partial charge on any atom is -0.322 e. The molecule has 0 radical (unpaired) electrons. The Bertz CT molecular complexity index is 1120. The van der Waals surface area contributed by atoms with Crippen LogP contribution in [0.25, 0.3) is 11.5 Å². The van der Waals surface area contributed by atoms with E-state index < -0.39 is 5.82 Å². The smallest absolute Gasteiger partial charge is 0.261 e. The Labute approximate surface area is 162 Å². The summed E-state index contributed by atoms with van der Waals surface area (Å²) >= 11 is 0. The number of nitrogens with zero attached hydrogens (tertiary/aromatic N) is 3. The summed E-state index contributed by atoms with van der Waals surface area (Å²) in [5, 5.41) is 7.26. The van der Waals surface area contributed by atoms with Gasteiger partial charge in [-0.2, -0.15) is 5.10 Å². The number of anilines is 1. The van der Waals surface area contributed by atoms with Crippen LogP contribution in [0, 0.1) is 5.82 Å². The fraction of sp³-hybridized carbons (Fsp3) is 0.0909. The number of carbonyl (C=O) groups is 1. The summed E-state index contributed by atoms with van der Waals surface area (Å²) in [6, 6.07) is 17.7. The number of benzene rings is 2. The monoisotopic (exact) mass is 374 g/mol. The minimum absolute atomic E-state index is 0.277. The molecule has 0 unspecified atom stereocenters. The summed E-state index contributed by atoms with van der Waals surface area (Å²) in [6.07, 6.45) is 5.86. The number of halogens is 1. The Hall–Kier alpha value is -3.67. The van der Waals surface area contributed by atoms with Crippen LogP contribution < -0.4 is 5.32 Å². The maximum atomic E-state index is 14.4. The number of para-hydroxylation sites is 2. The van der Waals surface area contributed by atoms with Gasteiger partial charge in [-0.3, -0.25) is 4.79 Å². The maximum absolute atomic E-state index is 14.4. The van der Waals surface area contributed by atoms with E-state index in [9.17, 15) is 9.18 Å². The summed E-state index contributed by atoms with van der Waals surface area (Å²) in [5.41, 5.74) is 2.43. The summed E-state index contributed by atoms with van der Waals surface area (Å²) in [6.45, 7) is 2.03. The van der Waals surface area contributed by atoms with Gasteiger partial charge in [0, 0.05) is 18.1 Å². The van der Waals surface area contributed by atoms with Crippen LogP contribution in [0.15, 0.2) is 79.3 Å². The average molecular weight is 374 g/mol. The largest absolute Gasteiger partial charge is 0.322 e. The molecule has 1 amide bonds. The van der Waals surface area contributed by atoms with Crippen molar-refractivity contribution < 1.29 is 9.18 Å². The summed E-state index contributed by atoms with van der Waals surface area (Å²) in [7, 11) is 0. The van der Waals surface area contributed by atoms with E-state index in [4.69, 9.17) is 0 Å². The molecular weight excluding hydrogens is 355 g/mol. The van der Waals surface area contributed by atoms with E-state index >= 15 is 0 Å². The summed E-state index contributed by atoms with van der Waals surface area (Å²) < 4.78 is 17.6. The highest BCUT2D eigenvalue weighted by Crippen LogP contribution is 2.23. The van der Waals surface area contributed by atoms with Crippen LogP contribution in [0.5, 0.6) is 0 Å². The second-order valence-electron chi connectivity index (χ2n) is 6.30. The molecule has 0 saturated heterocycles. The molecule has 0 aliphatic heterocycles. The van der Waals surface area contributed by atoms with Crippen molar-refractivity contribution in [2.45, 2.75) is 13.3 Å². The van der Waals surface area contributed by atoms with Gasteiger partial charge in [-0.15, -0.1) is 0 Å². The van der Waals surface area contributed by atoms with Crippen LogP contribution in [-0.4, -0.2) is 20.3 Å². The minimum atomic E-state index is -0.415. The van der Waals surface area contributed by atoms with Gasteiger partial charge >= 0.3 is 0 Å². The van der Waals surface area contributed by atoms with Crippen molar-refractivity contribution in [2.75, 3.05) is 5.32 Å². The lowest BCUT2D eigenvalue weighted by atomic mass is 10.1. The van der Waals surface area contributed by atoms with Gasteiger partial charge < -0.3 is 9.88 Å². The van der Waals surface area contributed by atoms with Gasteiger partial charge in [-0.1, -0.05) is 37.3 Å². The third-order valence-corrected chi connectivity index (χ3v) is 4.56. The molecule has 2 heterocycles. The molecule has 140 valence electrons. The van der Waals surface area contributed by atoms with Crippen LogP contribution in [-0.2, 0) is 6.42 Å². The first kappa shape index (κ1) is 17.7. The Morgan fingerprint density at radius 2 is 1.75 bits per heavy atom. The van der Waals surface area contributed by atoms with Crippen molar-refractivity contribution >= 4 is 11.6 Å². The standard InChI is InChI=1S/C22H19FN4O/c1-2-16-9-3-5-11-19(16)25-21(28)17-15-24-27(20-12-6-4-10-18(20)23)22(17)26-13-7-8-14-26/h3-15H,2H2,1H3,(H,25,28). The Morgan fingerprint density at radius 3 is 2.50 bits per heavy atom. The molecular formula is C22H19FN4O. The molecule has 5 nitrogen and oxygen atoms in total. The molecule has 28 heavy (non-hydrogen) atoms. The van der Waals surface area contributed by atoms with Crippen LogP contribution in [0.4, 0.5) is 10.1 Å². The Kier molecular flexibility index (Phi) is 4.76. The third kappa shape index (κ3) is 3.20. The molecule has 2 aromatic carbocycles. The molecule has 0 atom stereocenters. The zero-order valence-electron chi connectivity index (χ0n) is 15.3. The van der Waals surface area contributed by atoms with Crippen molar-refractivity contribution in [3.63, 3.8) is 0 Å². The zero-order valence-corrected chi connectivity index (χ0v) is 15.3. The van der Waals surface area contributed by atoms with Crippen LogP contribution in [0.1, 0.15) is 22.8 Å². The normalized spacial score (nSPS) is 10.8. The second-order valence-corrected chi connectivity index (χ2v) is 6.30. The van der Waals surface area contributed by atoms with E-state index in [2.05, 4.69) is 10.4 Å². The van der Waals surface area contributed by atoms with Gasteiger partial charge in [0.1, 0.15) is 17.1 Å². The number of amides is 1. The van der Waals surface area contributed by atoms with Gasteiger partial charge in [0.25, 0.3) is 5.91 Å². The number of hydrogen-bond donors (Lipinski definition) is 1. The average Bonchev–Trinajstić information content (AvgIpc) is 3.38. The molecule has 0 saturated carbocycles. The topological polar surface area (TPSA) is 51.9 Å². The Morgan fingerprint density at radius 1 is 1.04 bits per heavy atom. The highest BCUT2D eigenvalue weighted by atomic mass is 19.1. The predicted octanol–water partition coefficient (Wildman–Crippen LogP) is 4.62. The number of hydrogen-bond acceptors (Lipinski definition) is 2. The number of rotatable bonds is 5. The molecule has 0 spiro atoms. The van der Waals surface area contributed by atoms with E-state index in [1.165, 1.54) is 16.9 Å². The Balaban J connectivity index is 1.80. The van der Waals surface area contributed by atoms with Crippen LogP contribution in [0.2, 0.25) is 0 Å². The molecule has 6 heteroatoms. The first-order valence-corrected chi connectivity index (χ1v) is 9.04. The number of aromatic nitrogens is 3. The van der Waals surface area contributed by atoms with Crippen molar-refractivity contribution in [1.82, 2.24) is 14.3 Å². The van der Waals surface area contributed by atoms with E-state index in [1.807, 2.05) is 43.3 Å². The van der Waals surface area contributed by atoms with Gasteiger partial charge in [0.15, 0.2) is 5.82 Å². The first-order chi connectivity index (χ1) is 13.7. The fourth-order valence-corrected chi connectivity index (χ4v) is 3.17. The van der Waals surface area contributed by atoms with E-state index in [0.29, 0.717) is 11.4 Å². The van der Waals surface area contributed by atoms with Crippen LogP contribution >= 0.6 is 0 Å². The van der Waals surface area contributed by atoms with Crippen molar-refractivity contribution in [1.29, 1.82) is 0 Å². The number of carbonyl (C=O) groups excluding carboxylic acids is 1. The zero-order chi connectivity index (χ0) is 19.5. The number of nitrogens with one attached hydrogen (secondary N) is 1. The van der Waals surface area contributed by atoms with Crippen molar-refractivity contribution in [2.24, 2.45) is 0 Å². The molecule has 0 aliphatic carbocycles. The molecule has 0 fully saturated rings. The molecule has 0 aliphatic rings. The van der Waals surface area contributed by atoms with E-state index in [-0.39, 0.29) is 11.6 Å². The lowest BCUT2D eigenvalue weighted by molar-refractivity contribution is 0.102. The lowest BCUT2D eigenvalue weighted by Gasteiger charge is -2.13. The third-order valence-electron chi connectivity index (χ3n) is 4.56. The maximum Gasteiger partial charge on any atom is 0.261 e. The van der Waals surface area contributed by atoms with E-state index in [0.717, 1.165) is 17.7 Å². The number of aryl methyl sites for hydroxylation is 1. The second kappa shape index (κ2) is 7.52. The van der Waals surface area contributed by atoms with Gasteiger partial charge in [0.05, 0.1) is 6.20 Å². The molecule has 0 bridgehead atoms. The predicted molar refractivity (Wildman–Crippen MR) is 107 cm³/mol.